The minimum atomic E-state index is -0.382. The van der Waals surface area contributed by atoms with E-state index in [2.05, 4.69) is 5.32 Å². The third-order valence-electron chi connectivity index (χ3n) is 2.98. The summed E-state index contributed by atoms with van der Waals surface area (Å²) in [6, 6.07) is 8.60. The maximum Gasteiger partial charge on any atom is 0.251 e. The van der Waals surface area contributed by atoms with Crippen LogP contribution < -0.4 is 11.1 Å². The van der Waals surface area contributed by atoms with Crippen molar-refractivity contribution in [3.05, 3.63) is 58.9 Å². The summed E-state index contributed by atoms with van der Waals surface area (Å²) in [4.78, 5) is 12.0. The Bertz CT molecular complexity index is 656. The number of aromatic hydroxyl groups is 1. The second-order valence-corrected chi connectivity index (χ2v) is 4.53. The average Bonchev–Trinajstić information content (AvgIpc) is 2.39. The molecule has 2 rings (SSSR count). The lowest BCUT2D eigenvalue weighted by atomic mass is 10.1. The highest BCUT2D eigenvalue weighted by atomic mass is 19.1. The summed E-state index contributed by atoms with van der Waals surface area (Å²) in [6.45, 7) is 1.81. The number of phenols is 1. The predicted molar refractivity (Wildman–Crippen MR) is 74.8 cm³/mol. The molecule has 0 aliphatic heterocycles. The first kappa shape index (κ1) is 13.9. The Balaban J connectivity index is 2.10. The van der Waals surface area contributed by atoms with Gasteiger partial charge in [-0.1, -0.05) is 0 Å². The van der Waals surface area contributed by atoms with Crippen LogP contribution in [0.5, 0.6) is 5.75 Å². The van der Waals surface area contributed by atoms with Crippen molar-refractivity contribution < 1.29 is 14.3 Å². The normalized spacial score (nSPS) is 10.3. The summed E-state index contributed by atoms with van der Waals surface area (Å²) in [5.74, 6) is -0.646. The van der Waals surface area contributed by atoms with Crippen molar-refractivity contribution in [2.24, 2.45) is 0 Å². The van der Waals surface area contributed by atoms with Crippen molar-refractivity contribution in [2.75, 3.05) is 5.73 Å². The summed E-state index contributed by atoms with van der Waals surface area (Å²) in [5.41, 5.74) is 7.60. The lowest BCUT2D eigenvalue weighted by molar-refractivity contribution is 0.0950. The van der Waals surface area contributed by atoms with Crippen LogP contribution in [0.1, 0.15) is 21.5 Å². The number of amides is 1. The Kier molecular flexibility index (Phi) is 3.89. The molecule has 1 amide bonds. The summed E-state index contributed by atoms with van der Waals surface area (Å²) < 4.78 is 13.0. The van der Waals surface area contributed by atoms with Gasteiger partial charge in [0.15, 0.2) is 0 Å². The maximum atomic E-state index is 13.0. The number of hydrogen-bond acceptors (Lipinski definition) is 3. The third-order valence-corrected chi connectivity index (χ3v) is 2.98. The number of rotatable bonds is 3. The van der Waals surface area contributed by atoms with E-state index >= 15 is 0 Å². The van der Waals surface area contributed by atoms with Crippen LogP contribution in [0.2, 0.25) is 0 Å². The van der Waals surface area contributed by atoms with Crippen molar-refractivity contribution >= 4 is 11.6 Å². The van der Waals surface area contributed by atoms with E-state index < -0.39 is 0 Å². The topological polar surface area (TPSA) is 75.4 Å². The zero-order chi connectivity index (χ0) is 14.7. The zero-order valence-corrected chi connectivity index (χ0v) is 11.0. The number of nitrogens with two attached hydrogens (primary N) is 1. The fourth-order valence-corrected chi connectivity index (χ4v) is 1.90. The van der Waals surface area contributed by atoms with Gasteiger partial charge in [0.05, 0.1) is 0 Å². The fraction of sp³-hybridized carbons (Fsp3) is 0.133. The Hall–Kier alpha value is -2.56. The Labute approximate surface area is 116 Å². The smallest absolute Gasteiger partial charge is 0.251 e. The molecule has 0 aliphatic carbocycles. The highest BCUT2D eigenvalue weighted by Gasteiger charge is 2.10. The standard InChI is InChI=1S/C15H15FN2O2/c1-9-6-11(16)2-4-13(9)15(20)18-8-10-7-12(17)3-5-14(10)19/h2-7,19H,8,17H2,1H3,(H,18,20). The number of nitrogens with one attached hydrogen (secondary N) is 1. The van der Waals surface area contributed by atoms with E-state index in [1.54, 1.807) is 19.1 Å². The zero-order valence-electron chi connectivity index (χ0n) is 11.0. The minimum absolute atomic E-state index is 0.0651. The van der Waals surface area contributed by atoms with Gasteiger partial charge in [0.2, 0.25) is 0 Å². The second-order valence-electron chi connectivity index (χ2n) is 4.53. The molecule has 0 spiro atoms. The number of aryl methyl sites for hydroxylation is 1. The first-order chi connectivity index (χ1) is 9.47. The number of phenolic OH excluding ortho intramolecular Hbond substituents is 1. The highest BCUT2D eigenvalue weighted by Crippen LogP contribution is 2.19. The van der Waals surface area contributed by atoms with Gasteiger partial charge < -0.3 is 16.2 Å². The van der Waals surface area contributed by atoms with Gasteiger partial charge in [0.25, 0.3) is 5.91 Å². The Morgan fingerprint density at radius 2 is 2.05 bits per heavy atom. The van der Waals surface area contributed by atoms with Crippen LogP contribution in [-0.4, -0.2) is 11.0 Å². The van der Waals surface area contributed by atoms with Crippen molar-refractivity contribution in [3.8, 4) is 5.75 Å². The van der Waals surface area contributed by atoms with Crippen molar-refractivity contribution in [3.63, 3.8) is 0 Å². The molecule has 0 radical (unpaired) electrons. The number of carbonyl (C=O) groups is 1. The van der Waals surface area contributed by atoms with Gasteiger partial charge in [-0.2, -0.15) is 0 Å². The molecule has 0 aliphatic rings. The monoisotopic (exact) mass is 274 g/mol. The molecule has 2 aromatic rings. The number of nitrogen functional groups attached to an aromatic ring is 1. The summed E-state index contributed by atoms with van der Waals surface area (Å²) >= 11 is 0. The number of anilines is 1. The lowest BCUT2D eigenvalue weighted by Gasteiger charge is -2.09. The molecule has 4 N–H and O–H groups in total. The van der Waals surface area contributed by atoms with Gasteiger partial charge in [-0.3, -0.25) is 4.79 Å². The summed E-state index contributed by atoms with van der Waals surface area (Å²) in [6.07, 6.45) is 0. The SMILES string of the molecule is Cc1cc(F)ccc1C(=O)NCc1cc(N)ccc1O. The number of halogens is 1. The molecule has 0 aromatic heterocycles. The molecule has 20 heavy (non-hydrogen) atoms. The molecule has 4 nitrogen and oxygen atoms in total. The summed E-state index contributed by atoms with van der Waals surface area (Å²) in [5, 5.41) is 12.3. The molecular weight excluding hydrogens is 259 g/mol. The van der Waals surface area contributed by atoms with E-state index in [4.69, 9.17) is 5.73 Å². The Morgan fingerprint density at radius 3 is 2.75 bits per heavy atom. The highest BCUT2D eigenvalue weighted by molar-refractivity contribution is 5.95. The van der Waals surface area contributed by atoms with Crippen LogP contribution in [0.25, 0.3) is 0 Å². The van der Waals surface area contributed by atoms with Crippen LogP contribution in [0.15, 0.2) is 36.4 Å². The number of carbonyl (C=O) groups excluding carboxylic acids is 1. The van der Waals surface area contributed by atoms with Crippen molar-refractivity contribution in [2.45, 2.75) is 13.5 Å². The molecule has 0 bridgehead atoms. The first-order valence-electron chi connectivity index (χ1n) is 6.09. The molecule has 0 fully saturated rings. The molecule has 0 saturated carbocycles. The third kappa shape index (κ3) is 3.06. The molecule has 0 heterocycles. The maximum absolute atomic E-state index is 13.0. The van der Waals surface area contributed by atoms with Crippen LogP contribution in [0, 0.1) is 12.7 Å². The molecule has 0 saturated heterocycles. The lowest BCUT2D eigenvalue weighted by Crippen LogP contribution is -2.23. The van der Waals surface area contributed by atoms with Gasteiger partial charge in [-0.15, -0.1) is 0 Å². The minimum Gasteiger partial charge on any atom is -0.508 e. The predicted octanol–water partition coefficient (Wildman–Crippen LogP) is 2.35. The second kappa shape index (κ2) is 5.61. The Morgan fingerprint density at radius 1 is 1.30 bits per heavy atom. The molecular formula is C15H15FN2O2. The van der Waals surface area contributed by atoms with Crippen LogP contribution in [0.4, 0.5) is 10.1 Å². The van der Waals surface area contributed by atoms with E-state index in [0.717, 1.165) is 0 Å². The largest absolute Gasteiger partial charge is 0.508 e. The van der Waals surface area contributed by atoms with E-state index in [0.29, 0.717) is 22.4 Å². The van der Waals surface area contributed by atoms with Crippen molar-refractivity contribution in [1.82, 2.24) is 5.32 Å². The molecule has 0 atom stereocenters. The van der Waals surface area contributed by atoms with Gasteiger partial charge in [0.1, 0.15) is 11.6 Å². The van der Waals surface area contributed by atoms with E-state index in [-0.39, 0.29) is 24.0 Å². The molecule has 104 valence electrons. The molecule has 5 heteroatoms. The van der Waals surface area contributed by atoms with E-state index in [9.17, 15) is 14.3 Å². The van der Waals surface area contributed by atoms with Crippen LogP contribution >= 0.6 is 0 Å². The van der Waals surface area contributed by atoms with E-state index in [1.165, 1.54) is 24.3 Å². The van der Waals surface area contributed by atoms with Crippen LogP contribution in [-0.2, 0) is 6.54 Å². The molecule has 0 unspecified atom stereocenters. The van der Waals surface area contributed by atoms with Gasteiger partial charge in [-0.05, 0) is 48.9 Å². The number of hydrogen-bond donors (Lipinski definition) is 3. The van der Waals surface area contributed by atoms with Gasteiger partial charge in [-0.25, -0.2) is 4.39 Å². The fourth-order valence-electron chi connectivity index (χ4n) is 1.90. The summed E-state index contributed by atoms with van der Waals surface area (Å²) in [7, 11) is 0. The van der Waals surface area contributed by atoms with Gasteiger partial charge in [0, 0.05) is 23.4 Å². The number of benzene rings is 2. The quantitative estimate of drug-likeness (QED) is 0.594. The average molecular weight is 274 g/mol. The first-order valence-corrected chi connectivity index (χ1v) is 6.09. The van der Waals surface area contributed by atoms with Crippen LogP contribution in [0.3, 0.4) is 0 Å². The van der Waals surface area contributed by atoms with E-state index in [1.807, 2.05) is 0 Å². The van der Waals surface area contributed by atoms with Gasteiger partial charge >= 0.3 is 0 Å². The van der Waals surface area contributed by atoms with Crippen molar-refractivity contribution in [1.29, 1.82) is 0 Å². The molecule has 2 aromatic carbocycles.